The number of amides is 1. The molecule has 7 heteroatoms. The average Bonchev–Trinajstić information content (AvgIpc) is 2.96. The summed E-state index contributed by atoms with van der Waals surface area (Å²) < 4.78 is 10.1. The molecule has 0 atom stereocenters. The summed E-state index contributed by atoms with van der Waals surface area (Å²) in [5.41, 5.74) is 2.10. The van der Waals surface area contributed by atoms with E-state index in [0.717, 1.165) is 22.5 Å². The van der Waals surface area contributed by atoms with Gasteiger partial charge in [-0.05, 0) is 31.0 Å². The number of anilines is 1. The molecular weight excluding hydrogens is 304 g/mol. The van der Waals surface area contributed by atoms with Crippen LogP contribution in [0.15, 0.2) is 24.4 Å². The number of nitrogens with zero attached hydrogens (tertiary/aromatic N) is 1. The van der Waals surface area contributed by atoms with Crippen molar-refractivity contribution in [3.63, 3.8) is 0 Å². The van der Waals surface area contributed by atoms with Crippen LogP contribution in [0.25, 0.3) is 0 Å². The van der Waals surface area contributed by atoms with Gasteiger partial charge >= 0.3 is 5.97 Å². The molecule has 0 aliphatic rings. The van der Waals surface area contributed by atoms with Gasteiger partial charge in [0.1, 0.15) is 10.6 Å². The van der Waals surface area contributed by atoms with Crippen LogP contribution in [0.1, 0.15) is 20.8 Å². The molecule has 1 N–H and O–H groups in total. The average molecular weight is 320 g/mol. The van der Waals surface area contributed by atoms with Crippen molar-refractivity contribution in [3.8, 4) is 5.75 Å². The number of rotatable bonds is 5. The highest BCUT2D eigenvalue weighted by Gasteiger charge is 2.13. The lowest BCUT2D eigenvalue weighted by Crippen LogP contribution is -2.20. The van der Waals surface area contributed by atoms with Crippen LogP contribution in [0.4, 0.5) is 5.13 Å². The smallest absolute Gasteiger partial charge is 0.349 e. The number of aryl methyl sites for hydroxylation is 1. The second kappa shape index (κ2) is 7.04. The van der Waals surface area contributed by atoms with E-state index in [1.807, 2.05) is 32.0 Å². The van der Waals surface area contributed by atoms with Crippen LogP contribution in [-0.4, -0.2) is 30.6 Å². The van der Waals surface area contributed by atoms with E-state index < -0.39 is 5.97 Å². The quantitative estimate of drug-likeness (QED) is 0.857. The lowest BCUT2D eigenvalue weighted by Gasteiger charge is -2.10. The van der Waals surface area contributed by atoms with Crippen molar-refractivity contribution in [2.75, 3.05) is 19.0 Å². The van der Waals surface area contributed by atoms with Gasteiger partial charge in [-0.15, -0.1) is 0 Å². The minimum absolute atomic E-state index is 0.128. The van der Waals surface area contributed by atoms with Crippen molar-refractivity contribution in [1.29, 1.82) is 0 Å². The van der Waals surface area contributed by atoms with Gasteiger partial charge in [-0.2, -0.15) is 0 Å². The SMILES string of the molecule is COC(=O)c1cnc(NC(=O)COc2cccc(C)c2C)s1. The van der Waals surface area contributed by atoms with E-state index in [1.165, 1.54) is 13.3 Å². The van der Waals surface area contributed by atoms with Gasteiger partial charge in [0.2, 0.25) is 0 Å². The number of carbonyl (C=O) groups excluding carboxylic acids is 2. The van der Waals surface area contributed by atoms with Gasteiger partial charge in [0.25, 0.3) is 5.91 Å². The molecule has 0 spiro atoms. The molecule has 0 radical (unpaired) electrons. The standard InChI is InChI=1S/C15H16N2O4S/c1-9-5-4-6-11(10(9)2)21-8-13(18)17-15-16-7-12(22-15)14(19)20-3/h4-7H,8H2,1-3H3,(H,16,17,18). The minimum Gasteiger partial charge on any atom is -0.483 e. The van der Waals surface area contributed by atoms with Crippen LogP contribution in [0.3, 0.4) is 0 Å². The first-order chi connectivity index (χ1) is 10.5. The Morgan fingerprint density at radius 1 is 1.32 bits per heavy atom. The molecule has 1 aromatic heterocycles. The Bertz CT molecular complexity index is 697. The summed E-state index contributed by atoms with van der Waals surface area (Å²) >= 11 is 1.05. The first-order valence-electron chi connectivity index (χ1n) is 6.54. The van der Waals surface area contributed by atoms with Crippen molar-refractivity contribution < 1.29 is 19.1 Å². The first kappa shape index (κ1) is 16.0. The van der Waals surface area contributed by atoms with E-state index >= 15 is 0 Å². The fourth-order valence-electron chi connectivity index (χ4n) is 1.71. The maximum Gasteiger partial charge on any atom is 0.349 e. The molecule has 0 aliphatic heterocycles. The number of hydrogen-bond acceptors (Lipinski definition) is 6. The molecule has 22 heavy (non-hydrogen) atoms. The van der Waals surface area contributed by atoms with Gasteiger partial charge in [-0.3, -0.25) is 10.1 Å². The van der Waals surface area contributed by atoms with Crippen molar-refractivity contribution in [1.82, 2.24) is 4.98 Å². The molecule has 1 amide bonds. The lowest BCUT2D eigenvalue weighted by atomic mass is 10.1. The second-order valence-electron chi connectivity index (χ2n) is 4.56. The summed E-state index contributed by atoms with van der Waals surface area (Å²) in [6.07, 6.45) is 1.36. The van der Waals surface area contributed by atoms with Crippen molar-refractivity contribution >= 4 is 28.3 Å². The molecule has 0 fully saturated rings. The maximum atomic E-state index is 11.8. The Morgan fingerprint density at radius 2 is 2.09 bits per heavy atom. The molecule has 2 aromatic rings. The van der Waals surface area contributed by atoms with Crippen molar-refractivity contribution in [2.45, 2.75) is 13.8 Å². The summed E-state index contributed by atoms with van der Waals surface area (Å²) in [4.78, 5) is 27.4. The number of benzene rings is 1. The summed E-state index contributed by atoms with van der Waals surface area (Å²) in [7, 11) is 1.29. The number of aromatic nitrogens is 1. The number of carbonyl (C=O) groups is 2. The van der Waals surface area contributed by atoms with Crippen molar-refractivity contribution in [2.24, 2.45) is 0 Å². The Morgan fingerprint density at radius 3 is 2.82 bits per heavy atom. The Kier molecular flexibility index (Phi) is 5.11. The van der Waals surface area contributed by atoms with Gasteiger partial charge < -0.3 is 9.47 Å². The molecule has 116 valence electrons. The van der Waals surface area contributed by atoms with Crippen LogP contribution in [0, 0.1) is 13.8 Å². The van der Waals surface area contributed by atoms with Gasteiger partial charge in [-0.1, -0.05) is 23.5 Å². The van der Waals surface area contributed by atoms with E-state index in [4.69, 9.17) is 4.74 Å². The van der Waals surface area contributed by atoms with Crippen LogP contribution in [0.5, 0.6) is 5.75 Å². The van der Waals surface area contributed by atoms with Crippen molar-refractivity contribution in [3.05, 3.63) is 40.4 Å². The Balaban J connectivity index is 1.92. The van der Waals surface area contributed by atoms with E-state index in [2.05, 4.69) is 15.0 Å². The first-order valence-corrected chi connectivity index (χ1v) is 7.36. The Labute approximate surface area is 132 Å². The molecule has 0 aliphatic carbocycles. The largest absolute Gasteiger partial charge is 0.483 e. The van der Waals surface area contributed by atoms with Crippen LogP contribution in [-0.2, 0) is 9.53 Å². The number of nitrogens with one attached hydrogen (secondary N) is 1. The number of hydrogen-bond donors (Lipinski definition) is 1. The summed E-state index contributed by atoms with van der Waals surface area (Å²) in [5.74, 6) is -0.152. The van der Waals surface area contributed by atoms with Crippen LogP contribution >= 0.6 is 11.3 Å². The van der Waals surface area contributed by atoms with Gasteiger partial charge in [0, 0.05) is 0 Å². The predicted molar refractivity (Wildman–Crippen MR) is 83.5 cm³/mol. The molecule has 1 aromatic carbocycles. The third kappa shape index (κ3) is 3.82. The maximum absolute atomic E-state index is 11.8. The summed E-state index contributed by atoms with van der Waals surface area (Å²) in [5, 5.41) is 2.91. The number of esters is 1. The third-order valence-corrected chi connectivity index (χ3v) is 3.95. The minimum atomic E-state index is -0.482. The van der Waals surface area contributed by atoms with Crippen LogP contribution < -0.4 is 10.1 Å². The molecule has 0 bridgehead atoms. The number of methoxy groups -OCH3 is 1. The predicted octanol–water partition coefficient (Wildman–Crippen LogP) is 2.56. The monoisotopic (exact) mass is 320 g/mol. The van der Waals surface area contributed by atoms with Gasteiger partial charge in [-0.25, -0.2) is 9.78 Å². The van der Waals surface area contributed by atoms with E-state index in [-0.39, 0.29) is 12.5 Å². The normalized spacial score (nSPS) is 10.1. The third-order valence-electron chi connectivity index (χ3n) is 3.05. The summed E-state index contributed by atoms with van der Waals surface area (Å²) in [6.45, 7) is 3.79. The number of ether oxygens (including phenoxy) is 2. The van der Waals surface area contributed by atoms with E-state index in [0.29, 0.717) is 15.8 Å². The number of thiazole rings is 1. The fraction of sp³-hybridized carbons (Fsp3) is 0.267. The zero-order chi connectivity index (χ0) is 16.1. The zero-order valence-electron chi connectivity index (χ0n) is 12.5. The lowest BCUT2D eigenvalue weighted by molar-refractivity contribution is -0.118. The Hall–Kier alpha value is -2.41. The van der Waals surface area contributed by atoms with Gasteiger partial charge in [0.05, 0.1) is 13.3 Å². The zero-order valence-corrected chi connectivity index (χ0v) is 13.3. The molecule has 1 heterocycles. The molecular formula is C15H16N2O4S. The molecule has 0 saturated carbocycles. The topological polar surface area (TPSA) is 77.5 Å². The van der Waals surface area contributed by atoms with Crippen LogP contribution in [0.2, 0.25) is 0 Å². The highest BCUT2D eigenvalue weighted by molar-refractivity contribution is 7.17. The van der Waals surface area contributed by atoms with E-state index in [1.54, 1.807) is 0 Å². The molecule has 0 saturated heterocycles. The molecule has 6 nitrogen and oxygen atoms in total. The van der Waals surface area contributed by atoms with E-state index in [9.17, 15) is 9.59 Å². The highest BCUT2D eigenvalue weighted by atomic mass is 32.1. The highest BCUT2D eigenvalue weighted by Crippen LogP contribution is 2.21. The summed E-state index contributed by atoms with van der Waals surface area (Å²) in [6, 6.07) is 5.67. The second-order valence-corrected chi connectivity index (χ2v) is 5.59. The fourth-order valence-corrected chi connectivity index (χ4v) is 2.46. The molecule has 0 unspecified atom stereocenters. The molecule has 2 rings (SSSR count). The van der Waals surface area contributed by atoms with Gasteiger partial charge in [0.15, 0.2) is 11.7 Å².